The number of alkyl halides is 5. The summed E-state index contributed by atoms with van der Waals surface area (Å²) >= 11 is 0. The Bertz CT molecular complexity index is 1030. The standard InChI is InChI=1S/C20H19F5N4O/c1-11(28-17(30)7-12-3-5-14(6-4-12)20(2,24)25)15-8-13-9-27-29(16(13)10-26-15)19(23)18(21)22/h3-6,8-11,18-19H,7H2,1-2H3,(H,28,30). The van der Waals surface area contributed by atoms with Gasteiger partial charge < -0.3 is 5.32 Å². The van der Waals surface area contributed by atoms with Crippen molar-refractivity contribution in [2.24, 2.45) is 0 Å². The Balaban J connectivity index is 1.67. The molecule has 0 spiro atoms. The Morgan fingerprint density at radius 1 is 1.17 bits per heavy atom. The lowest BCUT2D eigenvalue weighted by Crippen LogP contribution is -2.28. The number of rotatable bonds is 7. The van der Waals surface area contributed by atoms with E-state index in [4.69, 9.17) is 0 Å². The van der Waals surface area contributed by atoms with Gasteiger partial charge in [0.05, 0.1) is 36.1 Å². The minimum absolute atomic E-state index is 0.0159. The Morgan fingerprint density at radius 2 is 1.83 bits per heavy atom. The molecule has 1 N–H and O–H groups in total. The maximum Gasteiger partial charge on any atom is 0.289 e. The summed E-state index contributed by atoms with van der Waals surface area (Å²) in [6.45, 7) is 2.47. The van der Waals surface area contributed by atoms with Gasteiger partial charge in [-0.2, -0.15) is 5.10 Å². The molecule has 1 amide bonds. The van der Waals surface area contributed by atoms with E-state index in [1.165, 1.54) is 42.7 Å². The number of carbonyl (C=O) groups is 1. The SMILES string of the molecule is CC(NC(=O)Cc1ccc(C(C)(F)F)cc1)c1cc2cnn(C(F)C(F)F)c2cn1. The molecule has 2 unspecified atom stereocenters. The first-order chi connectivity index (χ1) is 14.1. The average Bonchev–Trinajstić information content (AvgIpc) is 3.10. The third-order valence-electron chi connectivity index (χ3n) is 4.59. The summed E-state index contributed by atoms with van der Waals surface area (Å²) < 4.78 is 65.8. The maximum atomic E-state index is 13.6. The Morgan fingerprint density at radius 3 is 2.43 bits per heavy atom. The number of amides is 1. The van der Waals surface area contributed by atoms with Crippen molar-refractivity contribution in [2.45, 2.75) is 45.0 Å². The number of nitrogens with zero attached hydrogens (tertiary/aromatic N) is 3. The molecule has 2 aromatic heterocycles. The predicted octanol–water partition coefficient (Wildman–Crippen LogP) is 4.70. The van der Waals surface area contributed by atoms with Crippen molar-refractivity contribution in [3.8, 4) is 0 Å². The van der Waals surface area contributed by atoms with Crippen LogP contribution >= 0.6 is 0 Å². The molecule has 0 aliphatic rings. The van der Waals surface area contributed by atoms with Gasteiger partial charge in [0.25, 0.3) is 18.6 Å². The highest BCUT2D eigenvalue weighted by Gasteiger charge is 2.25. The van der Waals surface area contributed by atoms with Crippen LogP contribution in [0.2, 0.25) is 0 Å². The van der Waals surface area contributed by atoms with E-state index in [1.54, 1.807) is 6.92 Å². The molecule has 0 bridgehead atoms. The number of benzene rings is 1. The molecule has 2 heterocycles. The first-order valence-corrected chi connectivity index (χ1v) is 9.08. The number of hydrogen-bond donors (Lipinski definition) is 1. The molecule has 0 saturated heterocycles. The molecule has 0 radical (unpaired) electrons. The smallest absolute Gasteiger partial charge is 0.289 e. The summed E-state index contributed by atoms with van der Waals surface area (Å²) in [5.41, 5.74) is 0.973. The van der Waals surface area contributed by atoms with Crippen LogP contribution in [0.1, 0.15) is 43.0 Å². The zero-order chi connectivity index (χ0) is 22.1. The Hall–Kier alpha value is -3.04. The number of halogens is 5. The van der Waals surface area contributed by atoms with Gasteiger partial charge in [0.1, 0.15) is 0 Å². The van der Waals surface area contributed by atoms with Gasteiger partial charge in [-0.3, -0.25) is 9.78 Å². The Labute approximate surface area is 168 Å². The van der Waals surface area contributed by atoms with Gasteiger partial charge in [-0.05, 0) is 18.6 Å². The van der Waals surface area contributed by atoms with Crippen molar-refractivity contribution in [1.82, 2.24) is 20.1 Å². The molecular formula is C20H19F5N4O. The number of hydrogen-bond acceptors (Lipinski definition) is 3. The second kappa shape index (κ2) is 8.37. The zero-order valence-corrected chi connectivity index (χ0v) is 16.1. The fourth-order valence-corrected chi connectivity index (χ4v) is 2.97. The van der Waals surface area contributed by atoms with E-state index >= 15 is 0 Å². The minimum Gasteiger partial charge on any atom is -0.348 e. The molecule has 30 heavy (non-hydrogen) atoms. The van der Waals surface area contributed by atoms with Crippen molar-refractivity contribution in [2.75, 3.05) is 0 Å². The van der Waals surface area contributed by atoms with Crippen LogP contribution in [0, 0.1) is 0 Å². The molecule has 1 aromatic carbocycles. The van der Waals surface area contributed by atoms with Crippen molar-refractivity contribution in [1.29, 1.82) is 0 Å². The second-order valence-electron chi connectivity index (χ2n) is 7.02. The van der Waals surface area contributed by atoms with Gasteiger partial charge >= 0.3 is 0 Å². The lowest BCUT2D eigenvalue weighted by Gasteiger charge is -2.15. The highest BCUT2D eigenvalue weighted by molar-refractivity contribution is 5.80. The average molecular weight is 426 g/mol. The second-order valence-corrected chi connectivity index (χ2v) is 7.02. The number of fused-ring (bicyclic) bond motifs is 1. The quantitative estimate of drug-likeness (QED) is 0.558. The normalized spacial score (nSPS) is 14.1. The summed E-state index contributed by atoms with van der Waals surface area (Å²) in [6.07, 6.45) is -3.35. The molecule has 0 aliphatic heterocycles. The first-order valence-electron chi connectivity index (χ1n) is 9.08. The van der Waals surface area contributed by atoms with Gasteiger partial charge in [-0.15, -0.1) is 0 Å². The largest absolute Gasteiger partial charge is 0.348 e. The van der Waals surface area contributed by atoms with Crippen molar-refractivity contribution < 1.29 is 26.7 Å². The Kier molecular flexibility index (Phi) is 6.04. The summed E-state index contributed by atoms with van der Waals surface area (Å²) in [5, 5.41) is 6.77. The molecule has 3 aromatic rings. The fraction of sp³-hybridized carbons (Fsp3) is 0.350. The van der Waals surface area contributed by atoms with E-state index in [1.807, 2.05) is 0 Å². The highest BCUT2D eigenvalue weighted by Crippen LogP contribution is 2.27. The lowest BCUT2D eigenvalue weighted by molar-refractivity contribution is -0.121. The number of pyridine rings is 1. The van der Waals surface area contributed by atoms with Crippen LogP contribution in [0.3, 0.4) is 0 Å². The van der Waals surface area contributed by atoms with Crippen LogP contribution in [-0.4, -0.2) is 27.1 Å². The van der Waals surface area contributed by atoms with Crippen LogP contribution in [0.5, 0.6) is 0 Å². The van der Waals surface area contributed by atoms with Crippen molar-refractivity contribution in [3.63, 3.8) is 0 Å². The third kappa shape index (κ3) is 4.74. The monoisotopic (exact) mass is 426 g/mol. The van der Waals surface area contributed by atoms with Gasteiger partial charge in [-0.25, -0.2) is 26.6 Å². The maximum absolute atomic E-state index is 13.6. The summed E-state index contributed by atoms with van der Waals surface area (Å²) in [7, 11) is 0. The molecule has 160 valence electrons. The van der Waals surface area contributed by atoms with Crippen LogP contribution in [-0.2, 0) is 17.1 Å². The van der Waals surface area contributed by atoms with Crippen LogP contribution in [0.4, 0.5) is 22.0 Å². The molecule has 0 saturated carbocycles. The summed E-state index contributed by atoms with van der Waals surface area (Å²) in [5.74, 6) is -3.30. The highest BCUT2D eigenvalue weighted by atomic mass is 19.3. The number of aromatic nitrogens is 3. The molecule has 2 atom stereocenters. The van der Waals surface area contributed by atoms with Gasteiger partial charge in [-0.1, -0.05) is 24.3 Å². The number of carbonyl (C=O) groups excluding carboxylic acids is 1. The molecule has 0 aliphatic carbocycles. The zero-order valence-electron chi connectivity index (χ0n) is 16.1. The van der Waals surface area contributed by atoms with E-state index in [0.717, 1.165) is 6.92 Å². The molecular weight excluding hydrogens is 407 g/mol. The molecule has 3 rings (SSSR count). The van der Waals surface area contributed by atoms with Crippen LogP contribution < -0.4 is 5.32 Å². The topological polar surface area (TPSA) is 59.8 Å². The van der Waals surface area contributed by atoms with Gasteiger partial charge in [0, 0.05) is 17.9 Å². The predicted molar refractivity (Wildman–Crippen MR) is 99.9 cm³/mol. The van der Waals surface area contributed by atoms with Gasteiger partial charge in [0.15, 0.2) is 0 Å². The van der Waals surface area contributed by atoms with Crippen molar-refractivity contribution in [3.05, 3.63) is 59.5 Å². The first kappa shape index (κ1) is 21.7. The summed E-state index contributed by atoms with van der Waals surface area (Å²) in [4.78, 5) is 16.4. The van der Waals surface area contributed by atoms with Crippen LogP contribution in [0.15, 0.2) is 42.7 Å². The lowest BCUT2D eigenvalue weighted by atomic mass is 10.1. The molecule has 5 nitrogen and oxygen atoms in total. The van der Waals surface area contributed by atoms with E-state index in [2.05, 4.69) is 15.4 Å². The fourth-order valence-electron chi connectivity index (χ4n) is 2.97. The number of nitrogens with one attached hydrogen (secondary N) is 1. The molecule has 0 fully saturated rings. The van der Waals surface area contributed by atoms with Crippen molar-refractivity contribution >= 4 is 16.8 Å². The van der Waals surface area contributed by atoms with E-state index < -0.39 is 24.7 Å². The summed E-state index contributed by atoms with van der Waals surface area (Å²) in [6, 6.07) is 6.48. The molecule has 10 heteroatoms. The minimum atomic E-state index is -3.22. The van der Waals surface area contributed by atoms with Crippen LogP contribution in [0.25, 0.3) is 10.9 Å². The van der Waals surface area contributed by atoms with E-state index in [9.17, 15) is 26.7 Å². The third-order valence-corrected chi connectivity index (χ3v) is 4.59. The van der Waals surface area contributed by atoms with E-state index in [0.29, 0.717) is 21.3 Å². The van der Waals surface area contributed by atoms with Gasteiger partial charge in [0.2, 0.25) is 5.91 Å². The van der Waals surface area contributed by atoms with E-state index in [-0.39, 0.29) is 23.4 Å².